The molecule has 1 radical (unpaired) electrons. The number of ether oxygens (including phenoxy) is 1. The Balaban J connectivity index is 0.000000160. The summed E-state index contributed by atoms with van der Waals surface area (Å²) in [6.45, 7) is 1.78. The number of anilines is 2. The molecule has 10 aromatic rings. The molecule has 0 aliphatic rings. The summed E-state index contributed by atoms with van der Waals surface area (Å²) in [4.78, 5) is 8.32. The number of fused-ring (bicyclic) bond motifs is 2. The standard InChI is InChI=1S/C25H16ClF2N3O3S.C13H10BF2O3.C12H7Cl2N3O3S/c1-14-9-21(15-3-2-4-17(27)10-15)22(28)13-20(14)25-19-6-5-18(11-16(19)12-23(26)29-25)35(32,33)31-24-7-8-34-30-24;1-18-12-6-10(8-3-2-4-9(15)5-8)11(16)7-13(12)19-14-17;13-10-6-7-5-8(1-2-9(7)12(14)15-10)21(18,19)17-11-3-4-20-16-11/h2-13H,1H3,(H,30,31);2-7,17H,1H3;1-6H,(H,16,17). The molecule has 0 fully saturated rings. The van der Waals surface area contributed by atoms with Crippen LogP contribution >= 0.6 is 34.8 Å². The van der Waals surface area contributed by atoms with Gasteiger partial charge >= 0.3 is 7.69 Å². The first-order valence-corrected chi connectivity index (χ1v) is 25.5. The molecule has 0 amide bonds. The number of rotatable bonds is 12. The molecule has 4 aromatic heterocycles. The first kappa shape index (κ1) is 53.6. The van der Waals surface area contributed by atoms with Crippen LogP contribution in [0, 0.1) is 30.2 Å². The molecular weight excluding hydrogens is 1090 g/mol. The third-order valence-corrected chi connectivity index (χ3v) is 14.1. The van der Waals surface area contributed by atoms with E-state index in [2.05, 4.69) is 38.8 Å². The van der Waals surface area contributed by atoms with Crippen molar-refractivity contribution in [2.24, 2.45) is 0 Å². The first-order valence-electron chi connectivity index (χ1n) is 21.4. The zero-order valence-corrected chi connectivity index (χ0v) is 42.3. The van der Waals surface area contributed by atoms with Crippen LogP contribution in [-0.4, -0.2) is 56.9 Å². The van der Waals surface area contributed by atoms with Gasteiger partial charge in [-0.15, -0.1) is 0 Å². The number of pyridine rings is 2. The van der Waals surface area contributed by atoms with E-state index in [4.69, 9.17) is 49.2 Å². The van der Waals surface area contributed by atoms with E-state index in [1.54, 1.807) is 37.3 Å². The molecule has 3 N–H and O–H groups in total. The maximum absolute atomic E-state index is 15.2. The molecule has 0 saturated heterocycles. The minimum Gasteiger partial charge on any atom is -0.535 e. The maximum atomic E-state index is 15.2. The van der Waals surface area contributed by atoms with Crippen molar-refractivity contribution in [1.29, 1.82) is 0 Å². The van der Waals surface area contributed by atoms with Crippen LogP contribution in [0.2, 0.25) is 15.5 Å². The van der Waals surface area contributed by atoms with Crippen LogP contribution in [-0.2, 0) is 20.0 Å². The van der Waals surface area contributed by atoms with E-state index in [9.17, 15) is 30.0 Å². The number of aryl methyl sites for hydroxylation is 1. The van der Waals surface area contributed by atoms with Gasteiger partial charge in [0.2, 0.25) is 0 Å². The molecule has 15 nitrogen and oxygen atoms in total. The number of sulfonamides is 2. The van der Waals surface area contributed by atoms with E-state index in [1.165, 1.54) is 117 Å². The zero-order chi connectivity index (χ0) is 53.6. The van der Waals surface area contributed by atoms with Gasteiger partial charge in [0.1, 0.15) is 57.0 Å². The number of methoxy groups -OCH3 is 1. The van der Waals surface area contributed by atoms with Crippen LogP contribution in [0.3, 0.4) is 0 Å². The molecule has 0 saturated carbocycles. The number of hydrogen-bond donors (Lipinski definition) is 3. The summed E-state index contributed by atoms with van der Waals surface area (Å²) in [6, 6.07) is 31.4. The van der Waals surface area contributed by atoms with Crippen molar-refractivity contribution in [3.05, 3.63) is 190 Å². The summed E-state index contributed by atoms with van der Waals surface area (Å²) in [6.07, 6.45) is 2.51. The average molecular weight is 1120 g/mol. The lowest BCUT2D eigenvalue weighted by atomic mass is 9.95. The summed E-state index contributed by atoms with van der Waals surface area (Å²) in [7, 11) is -5.91. The molecule has 0 atom stereocenters. The molecule has 10 rings (SSSR count). The van der Waals surface area contributed by atoms with Gasteiger partial charge in [0, 0.05) is 45.7 Å². The van der Waals surface area contributed by atoms with Crippen LogP contribution in [0.15, 0.2) is 165 Å². The van der Waals surface area contributed by atoms with Gasteiger partial charge in [-0.1, -0.05) is 75.4 Å². The molecule has 0 unspecified atom stereocenters. The SMILES string of the molecule is COc1cc(-c2cccc(F)c2)c(F)cc1O[B]O.Cc1cc(-c2cccc(F)c2)c(F)cc1-c1nc(Cl)cc2cc(S(=O)(=O)Nc3ccon3)ccc12.O=S(=O)(Nc1ccon1)c1ccc2c(Cl)nc(Cl)cc2c1. The summed E-state index contributed by atoms with van der Waals surface area (Å²) < 4.78 is 130. The largest absolute Gasteiger partial charge is 0.569 e. The van der Waals surface area contributed by atoms with Crippen molar-refractivity contribution < 1.29 is 57.9 Å². The lowest BCUT2D eigenvalue weighted by molar-refractivity contribution is 0.380. The lowest BCUT2D eigenvalue weighted by Gasteiger charge is -2.14. The van der Waals surface area contributed by atoms with Crippen LogP contribution in [0.5, 0.6) is 11.5 Å². The third-order valence-electron chi connectivity index (χ3n) is 10.7. The molecule has 0 bridgehead atoms. The molecule has 25 heteroatoms. The number of nitrogens with one attached hydrogen (secondary N) is 2. The minimum absolute atomic E-state index is 0.0226. The summed E-state index contributed by atoms with van der Waals surface area (Å²) >= 11 is 18.0. The van der Waals surface area contributed by atoms with Gasteiger partial charge in [0.05, 0.1) is 22.6 Å². The van der Waals surface area contributed by atoms with E-state index in [-0.39, 0.29) is 59.5 Å². The normalized spacial score (nSPS) is 11.3. The van der Waals surface area contributed by atoms with Crippen molar-refractivity contribution in [1.82, 2.24) is 20.3 Å². The summed E-state index contributed by atoms with van der Waals surface area (Å²) in [5.41, 5.74) is 2.79. The van der Waals surface area contributed by atoms with E-state index in [0.717, 1.165) is 6.07 Å². The summed E-state index contributed by atoms with van der Waals surface area (Å²) in [5.74, 6) is -1.68. The highest BCUT2D eigenvalue weighted by Gasteiger charge is 2.21. The first-order chi connectivity index (χ1) is 35.8. The van der Waals surface area contributed by atoms with Gasteiger partial charge in [-0.2, -0.15) is 0 Å². The highest BCUT2D eigenvalue weighted by atomic mass is 35.5. The van der Waals surface area contributed by atoms with E-state index < -0.39 is 43.3 Å². The number of benzene rings is 6. The van der Waals surface area contributed by atoms with Gasteiger partial charge in [-0.05, 0) is 119 Å². The molecule has 0 aliphatic heterocycles. The van der Waals surface area contributed by atoms with Gasteiger partial charge in [0.25, 0.3) is 20.0 Å². The molecule has 6 aromatic carbocycles. The highest BCUT2D eigenvalue weighted by Crippen LogP contribution is 2.38. The van der Waals surface area contributed by atoms with Crippen LogP contribution < -0.4 is 18.8 Å². The second kappa shape index (κ2) is 22.8. The Morgan fingerprint density at radius 3 is 1.63 bits per heavy atom. The summed E-state index contributed by atoms with van der Waals surface area (Å²) in [5, 5.41) is 18.4. The highest BCUT2D eigenvalue weighted by molar-refractivity contribution is 7.93. The predicted molar refractivity (Wildman–Crippen MR) is 276 cm³/mol. The fourth-order valence-electron chi connectivity index (χ4n) is 7.36. The van der Waals surface area contributed by atoms with Crippen LogP contribution in [0.4, 0.5) is 29.2 Å². The second-order valence-corrected chi connectivity index (χ2v) is 20.1. The van der Waals surface area contributed by atoms with Crippen LogP contribution in [0.25, 0.3) is 55.1 Å². The van der Waals surface area contributed by atoms with Crippen molar-refractivity contribution in [3.8, 4) is 45.0 Å². The Kier molecular flexibility index (Phi) is 16.3. The zero-order valence-electron chi connectivity index (χ0n) is 38.4. The van der Waals surface area contributed by atoms with E-state index >= 15 is 4.39 Å². The average Bonchev–Trinajstić information content (AvgIpc) is 4.09. The fourth-order valence-corrected chi connectivity index (χ4v) is 10.1. The third kappa shape index (κ3) is 12.6. The molecule has 75 heavy (non-hydrogen) atoms. The van der Waals surface area contributed by atoms with E-state index in [1.807, 2.05) is 0 Å². The molecular formula is C50H33BCl3F4N6O9S2. The maximum Gasteiger partial charge on any atom is 0.569 e. The Morgan fingerprint density at radius 2 is 1.11 bits per heavy atom. The van der Waals surface area contributed by atoms with Gasteiger partial charge in [0.15, 0.2) is 17.4 Å². The molecule has 381 valence electrons. The number of nitrogens with zero attached hydrogens (tertiary/aromatic N) is 4. The monoisotopic (exact) mass is 1120 g/mol. The van der Waals surface area contributed by atoms with Gasteiger partial charge in [-0.25, -0.2) is 44.4 Å². The van der Waals surface area contributed by atoms with Gasteiger partial charge < -0.3 is 23.5 Å². The molecule has 0 aliphatic carbocycles. The Morgan fingerprint density at radius 1 is 0.587 bits per heavy atom. The Hall–Kier alpha value is -7.73. The molecule has 4 heterocycles. The minimum atomic E-state index is -3.95. The predicted octanol–water partition coefficient (Wildman–Crippen LogP) is 12.5. The van der Waals surface area contributed by atoms with Crippen LogP contribution in [0.1, 0.15) is 5.56 Å². The molecule has 0 spiro atoms. The Labute approximate surface area is 440 Å². The number of halogens is 7. The smallest absolute Gasteiger partial charge is 0.535 e. The number of aromatic nitrogens is 4. The van der Waals surface area contributed by atoms with Gasteiger partial charge in [-0.3, -0.25) is 9.44 Å². The van der Waals surface area contributed by atoms with E-state index in [0.29, 0.717) is 57.2 Å². The fraction of sp³-hybridized carbons (Fsp3) is 0.0400. The quantitative estimate of drug-likeness (QED) is 0.0591. The topological polar surface area (TPSA) is 209 Å². The van der Waals surface area contributed by atoms with Crippen molar-refractivity contribution in [2.45, 2.75) is 16.7 Å². The van der Waals surface area contributed by atoms with Crippen molar-refractivity contribution >= 4 is 95.7 Å². The lowest BCUT2D eigenvalue weighted by Crippen LogP contribution is -2.13. The second-order valence-electron chi connectivity index (χ2n) is 15.6. The van der Waals surface area contributed by atoms with Crippen molar-refractivity contribution in [2.75, 3.05) is 16.6 Å². The Bertz CT molecular complexity index is 3970. The number of hydrogen-bond acceptors (Lipinski definition) is 13. The van der Waals surface area contributed by atoms with Crippen molar-refractivity contribution in [3.63, 3.8) is 0 Å².